The lowest BCUT2D eigenvalue weighted by Crippen LogP contribution is -2.69. The second-order valence-corrected chi connectivity index (χ2v) is 17.7. The first-order valence-electron chi connectivity index (χ1n) is 17.5. The Morgan fingerprint density at radius 2 is 1.59 bits per heavy atom. The zero-order chi connectivity index (χ0) is 34.0. The Morgan fingerprint density at radius 3 is 2.24 bits per heavy atom. The molecule has 1 heterocycles. The molecule has 5 aliphatic carbocycles. The van der Waals surface area contributed by atoms with E-state index in [1.54, 1.807) is 0 Å². The third-order valence-electron chi connectivity index (χ3n) is 15.5. The van der Waals surface area contributed by atoms with Crippen LogP contribution < -0.4 is 0 Å². The minimum atomic E-state index is -1.70. The molecule has 0 aromatic rings. The van der Waals surface area contributed by atoms with Crippen LogP contribution in [0.15, 0.2) is 11.6 Å². The van der Waals surface area contributed by atoms with Crippen molar-refractivity contribution in [2.45, 2.75) is 148 Å². The predicted octanol–water partition coefficient (Wildman–Crippen LogP) is 2.43. The number of hydrogen-bond acceptors (Lipinski definition) is 10. The second-order valence-electron chi connectivity index (χ2n) is 17.7. The minimum Gasteiger partial charge on any atom is -0.432 e. The van der Waals surface area contributed by atoms with Crippen LogP contribution >= 0.6 is 0 Å². The molecule has 0 spiro atoms. The van der Waals surface area contributed by atoms with E-state index in [-0.39, 0.29) is 34.0 Å². The van der Waals surface area contributed by atoms with Crippen molar-refractivity contribution < 1.29 is 50.0 Å². The Labute approximate surface area is 273 Å². The van der Waals surface area contributed by atoms with Gasteiger partial charge in [0.1, 0.15) is 24.4 Å². The number of carbonyl (C=O) groups is 1. The predicted molar refractivity (Wildman–Crippen MR) is 168 cm³/mol. The van der Waals surface area contributed by atoms with Crippen LogP contribution in [0.25, 0.3) is 0 Å². The van der Waals surface area contributed by atoms with Crippen LogP contribution in [0.4, 0.5) is 0 Å². The zero-order valence-electron chi connectivity index (χ0n) is 28.6. The van der Waals surface area contributed by atoms with E-state index in [0.29, 0.717) is 32.1 Å². The van der Waals surface area contributed by atoms with Gasteiger partial charge >= 0.3 is 5.97 Å². The van der Waals surface area contributed by atoms with Crippen LogP contribution in [-0.4, -0.2) is 96.8 Å². The zero-order valence-corrected chi connectivity index (χ0v) is 28.6. The van der Waals surface area contributed by atoms with Gasteiger partial charge in [0.05, 0.1) is 29.8 Å². The highest BCUT2D eigenvalue weighted by atomic mass is 16.7. The fourth-order valence-corrected chi connectivity index (χ4v) is 12.4. The number of rotatable bonds is 3. The van der Waals surface area contributed by atoms with Crippen molar-refractivity contribution in [1.29, 1.82) is 0 Å². The van der Waals surface area contributed by atoms with E-state index in [1.165, 1.54) is 0 Å². The first kappa shape index (κ1) is 34.7. The van der Waals surface area contributed by atoms with Crippen LogP contribution in [0.1, 0.15) is 99.8 Å². The maximum absolute atomic E-state index is 14.5. The molecule has 7 N–H and O–H groups in total. The van der Waals surface area contributed by atoms with Crippen LogP contribution in [0.5, 0.6) is 0 Å². The van der Waals surface area contributed by atoms with Crippen LogP contribution in [0, 0.1) is 50.7 Å². The molecule has 1 saturated heterocycles. The Balaban J connectivity index is 1.39. The molecule has 1 aliphatic heterocycles. The lowest BCUT2D eigenvalue weighted by atomic mass is 9.33. The number of fused-ring (bicyclic) bond motifs is 7. The average Bonchev–Trinajstić information content (AvgIpc) is 2.98. The first-order valence-corrected chi connectivity index (χ1v) is 17.5. The normalized spacial score (nSPS) is 56.4. The number of esters is 1. The Kier molecular flexibility index (Phi) is 8.27. The summed E-state index contributed by atoms with van der Waals surface area (Å²) in [5.74, 6) is -0.787. The van der Waals surface area contributed by atoms with Crippen molar-refractivity contribution in [2.75, 3.05) is 6.61 Å². The molecular formula is C36H58O10. The summed E-state index contributed by atoms with van der Waals surface area (Å²) in [6.45, 7) is 14.4. The van der Waals surface area contributed by atoms with Gasteiger partial charge < -0.3 is 45.2 Å². The summed E-state index contributed by atoms with van der Waals surface area (Å²) in [4.78, 5) is 14.5. The molecule has 10 nitrogen and oxygen atoms in total. The topological polar surface area (TPSA) is 177 Å². The number of hydrogen-bond donors (Lipinski definition) is 7. The van der Waals surface area contributed by atoms with Gasteiger partial charge in [-0.3, -0.25) is 4.79 Å². The summed E-state index contributed by atoms with van der Waals surface area (Å²) in [5.41, 5.74) is -2.44. The average molecular weight is 651 g/mol. The van der Waals surface area contributed by atoms with Crippen molar-refractivity contribution >= 4 is 5.97 Å². The van der Waals surface area contributed by atoms with Crippen molar-refractivity contribution in [3.8, 4) is 0 Å². The summed E-state index contributed by atoms with van der Waals surface area (Å²) in [5, 5.41) is 75.6. The number of aliphatic hydroxyl groups excluding tert-OH is 6. The second kappa shape index (κ2) is 10.9. The first-order chi connectivity index (χ1) is 21.2. The minimum absolute atomic E-state index is 0.0940. The largest absolute Gasteiger partial charge is 0.432 e. The van der Waals surface area contributed by atoms with E-state index in [4.69, 9.17) is 9.47 Å². The summed E-state index contributed by atoms with van der Waals surface area (Å²) >= 11 is 0. The smallest absolute Gasteiger partial charge is 0.315 e. The highest BCUT2D eigenvalue weighted by Gasteiger charge is 2.72. The lowest BCUT2D eigenvalue weighted by Gasteiger charge is -2.72. The molecule has 3 unspecified atom stereocenters. The summed E-state index contributed by atoms with van der Waals surface area (Å²) < 4.78 is 11.5. The molecular weight excluding hydrogens is 592 g/mol. The molecule has 5 fully saturated rings. The molecule has 6 aliphatic rings. The third kappa shape index (κ3) is 4.39. The molecule has 0 radical (unpaired) electrons. The van der Waals surface area contributed by atoms with Gasteiger partial charge in [-0.15, -0.1) is 0 Å². The van der Waals surface area contributed by atoms with Crippen molar-refractivity contribution in [2.24, 2.45) is 50.7 Å². The number of carbonyl (C=O) groups excluding carboxylic acids is 1. The summed E-state index contributed by atoms with van der Waals surface area (Å²) in [6, 6.07) is 0. The molecule has 46 heavy (non-hydrogen) atoms. The van der Waals surface area contributed by atoms with Gasteiger partial charge in [-0.05, 0) is 97.7 Å². The van der Waals surface area contributed by atoms with Gasteiger partial charge in [0.15, 0.2) is 0 Å². The monoisotopic (exact) mass is 650 g/mol. The van der Waals surface area contributed by atoms with E-state index >= 15 is 0 Å². The standard InChI is InChI=1S/C36H58O10/c1-18-10-13-36(30(43)46-29-26(41)25(40)24(39)21(17-37)45-29)15-14-33(5)19(27(36)35(18,7)44)8-9-23-32(4)16-20(38)28(42)31(2,3)22(32)11-12-34(23,33)6/h8,18,20-29,37-42,44H,9-17H2,1-7H3/t18-,20-,21-,22?,23?,24-,25+,26-,27-,28-,29+,32+,33-,34-,35-,36?/m1/s1. The van der Waals surface area contributed by atoms with E-state index in [2.05, 4.69) is 40.7 Å². The fourth-order valence-electron chi connectivity index (χ4n) is 12.4. The van der Waals surface area contributed by atoms with Crippen molar-refractivity contribution in [1.82, 2.24) is 0 Å². The van der Waals surface area contributed by atoms with Gasteiger partial charge in [-0.1, -0.05) is 53.2 Å². The van der Waals surface area contributed by atoms with E-state index in [9.17, 15) is 40.5 Å². The Morgan fingerprint density at radius 1 is 0.913 bits per heavy atom. The van der Waals surface area contributed by atoms with Gasteiger partial charge in [-0.25, -0.2) is 0 Å². The fraction of sp³-hybridized carbons (Fsp3) is 0.917. The van der Waals surface area contributed by atoms with E-state index in [1.807, 2.05) is 13.8 Å². The molecule has 6 rings (SSSR count). The molecule has 0 bridgehead atoms. The number of ether oxygens (including phenoxy) is 2. The van der Waals surface area contributed by atoms with E-state index in [0.717, 1.165) is 24.8 Å². The summed E-state index contributed by atoms with van der Waals surface area (Å²) in [6.07, 6.45) is -1.65. The number of aliphatic hydroxyl groups is 7. The van der Waals surface area contributed by atoms with Crippen LogP contribution in [0.3, 0.4) is 0 Å². The molecule has 10 heteroatoms. The third-order valence-corrected chi connectivity index (χ3v) is 15.5. The van der Waals surface area contributed by atoms with Crippen molar-refractivity contribution in [3.63, 3.8) is 0 Å². The van der Waals surface area contributed by atoms with E-state index < -0.39 is 77.8 Å². The van der Waals surface area contributed by atoms with Gasteiger partial charge in [0.2, 0.25) is 6.29 Å². The maximum atomic E-state index is 14.5. The molecule has 0 aromatic carbocycles. The quantitative estimate of drug-likeness (QED) is 0.177. The Hall–Kier alpha value is -1.11. The summed E-state index contributed by atoms with van der Waals surface area (Å²) in [7, 11) is 0. The van der Waals surface area contributed by atoms with Gasteiger partial charge in [-0.2, -0.15) is 0 Å². The molecule has 16 atom stereocenters. The Bertz CT molecular complexity index is 1250. The highest BCUT2D eigenvalue weighted by molar-refractivity contribution is 5.79. The highest BCUT2D eigenvalue weighted by Crippen LogP contribution is 2.76. The molecule has 0 amide bonds. The lowest BCUT2D eigenvalue weighted by molar-refractivity contribution is -0.299. The molecule has 4 saturated carbocycles. The van der Waals surface area contributed by atoms with Crippen molar-refractivity contribution in [3.05, 3.63) is 11.6 Å². The molecule has 0 aromatic heterocycles. The van der Waals surface area contributed by atoms with Gasteiger partial charge in [0.25, 0.3) is 0 Å². The molecule has 262 valence electrons. The van der Waals surface area contributed by atoms with Gasteiger partial charge in [0, 0.05) is 5.92 Å². The van der Waals surface area contributed by atoms with Crippen LogP contribution in [-0.2, 0) is 14.3 Å². The van der Waals surface area contributed by atoms with Crippen LogP contribution in [0.2, 0.25) is 0 Å². The SMILES string of the molecule is C[C@@H]1CCC2(C(=O)O[C@@H]3O[C@H](CO)[C@@H](O)[C@H](O)[C@H]3O)CC[C@]3(C)C(=CCC4[C@@]5(C)C[C@@H](O)[C@@H](O)C(C)(C)C5CC[C@]43C)[C@@H]2[C@]1(C)O. The number of allylic oxidation sites excluding steroid dienone is 1. The maximum Gasteiger partial charge on any atom is 0.315 e.